The van der Waals surface area contributed by atoms with Gasteiger partial charge < -0.3 is 5.32 Å². The van der Waals surface area contributed by atoms with Gasteiger partial charge in [-0.1, -0.05) is 51.1 Å². The highest BCUT2D eigenvalue weighted by atomic mass is 15.3. The van der Waals surface area contributed by atoms with Crippen LogP contribution in [0, 0.1) is 5.41 Å². The molecule has 0 radical (unpaired) electrons. The number of aryl methyl sites for hydroxylation is 1. The van der Waals surface area contributed by atoms with E-state index >= 15 is 0 Å². The van der Waals surface area contributed by atoms with Crippen molar-refractivity contribution in [3.63, 3.8) is 0 Å². The molecule has 1 atom stereocenters. The Bertz CT molecular complexity index is 508. The molecule has 1 aromatic heterocycles. The van der Waals surface area contributed by atoms with Crippen molar-refractivity contribution in [3.05, 3.63) is 53.9 Å². The highest BCUT2D eigenvalue weighted by molar-refractivity contribution is 5.21. The molecule has 1 heterocycles. The maximum absolute atomic E-state index is 4.21. The molecule has 0 spiro atoms. The Morgan fingerprint density at radius 2 is 1.84 bits per heavy atom. The molecule has 0 saturated carbocycles. The molecule has 0 aliphatic heterocycles. The van der Waals surface area contributed by atoms with Crippen molar-refractivity contribution < 1.29 is 0 Å². The number of rotatable bonds is 4. The van der Waals surface area contributed by atoms with Gasteiger partial charge in [-0.25, -0.2) is 0 Å². The van der Waals surface area contributed by atoms with Crippen LogP contribution in [0.2, 0.25) is 0 Å². The molecule has 1 aromatic carbocycles. The fourth-order valence-corrected chi connectivity index (χ4v) is 2.35. The molecule has 0 aliphatic rings. The van der Waals surface area contributed by atoms with Gasteiger partial charge in [-0.15, -0.1) is 0 Å². The van der Waals surface area contributed by atoms with E-state index in [2.05, 4.69) is 67.6 Å². The third-order valence-corrected chi connectivity index (χ3v) is 3.41. The zero-order valence-corrected chi connectivity index (χ0v) is 12.2. The van der Waals surface area contributed by atoms with E-state index in [1.54, 1.807) is 0 Å². The first-order chi connectivity index (χ1) is 8.98. The molecule has 0 fully saturated rings. The minimum atomic E-state index is 0.167. The van der Waals surface area contributed by atoms with Crippen molar-refractivity contribution >= 4 is 0 Å². The predicted octanol–water partition coefficient (Wildman–Crippen LogP) is 3.30. The highest BCUT2D eigenvalue weighted by Crippen LogP contribution is 2.32. The zero-order valence-electron chi connectivity index (χ0n) is 12.2. The summed E-state index contributed by atoms with van der Waals surface area (Å²) in [4.78, 5) is 0. The Morgan fingerprint density at radius 1 is 1.16 bits per heavy atom. The summed E-state index contributed by atoms with van der Waals surface area (Å²) in [5, 5.41) is 7.86. The Kier molecular flexibility index (Phi) is 4.05. The molecule has 0 bridgehead atoms. The molecular weight excluding hydrogens is 234 g/mol. The van der Waals surface area contributed by atoms with Gasteiger partial charge in [-0.2, -0.15) is 5.10 Å². The summed E-state index contributed by atoms with van der Waals surface area (Å²) in [7, 11) is 1.98. The van der Waals surface area contributed by atoms with Crippen LogP contribution in [0.4, 0.5) is 0 Å². The third kappa shape index (κ3) is 3.44. The van der Waals surface area contributed by atoms with Crippen LogP contribution < -0.4 is 5.32 Å². The quantitative estimate of drug-likeness (QED) is 0.910. The fraction of sp³-hybridized carbons (Fsp3) is 0.438. The van der Waals surface area contributed by atoms with Gasteiger partial charge in [-0.05, 0) is 17.0 Å². The van der Waals surface area contributed by atoms with E-state index in [1.807, 2.05) is 17.9 Å². The number of hydrogen-bond acceptors (Lipinski definition) is 2. The SMILES string of the molecule is Cn1nccc1CNC(c1ccccc1)C(C)(C)C. The lowest BCUT2D eigenvalue weighted by molar-refractivity contribution is 0.269. The van der Waals surface area contributed by atoms with E-state index < -0.39 is 0 Å². The molecule has 19 heavy (non-hydrogen) atoms. The lowest BCUT2D eigenvalue weighted by Crippen LogP contribution is -2.32. The van der Waals surface area contributed by atoms with Crippen molar-refractivity contribution in [2.75, 3.05) is 0 Å². The van der Waals surface area contributed by atoms with E-state index in [1.165, 1.54) is 11.3 Å². The first-order valence-corrected chi connectivity index (χ1v) is 6.73. The smallest absolute Gasteiger partial charge is 0.0518 e. The summed E-state index contributed by atoms with van der Waals surface area (Å²) in [6, 6.07) is 13.0. The van der Waals surface area contributed by atoms with Crippen molar-refractivity contribution in [3.8, 4) is 0 Å². The van der Waals surface area contributed by atoms with Crippen LogP contribution in [0.5, 0.6) is 0 Å². The monoisotopic (exact) mass is 257 g/mol. The molecule has 102 valence electrons. The molecule has 3 nitrogen and oxygen atoms in total. The van der Waals surface area contributed by atoms with Gasteiger partial charge in [0.2, 0.25) is 0 Å². The van der Waals surface area contributed by atoms with E-state index in [-0.39, 0.29) is 5.41 Å². The van der Waals surface area contributed by atoms with Crippen LogP contribution in [-0.2, 0) is 13.6 Å². The zero-order chi connectivity index (χ0) is 13.9. The number of hydrogen-bond donors (Lipinski definition) is 1. The average Bonchev–Trinajstić information content (AvgIpc) is 2.75. The molecule has 2 aromatic rings. The van der Waals surface area contributed by atoms with Crippen LogP contribution in [0.3, 0.4) is 0 Å². The fourth-order valence-electron chi connectivity index (χ4n) is 2.35. The van der Waals surface area contributed by atoms with Gasteiger partial charge in [0.05, 0.1) is 5.69 Å². The van der Waals surface area contributed by atoms with Crippen molar-refractivity contribution in [2.24, 2.45) is 12.5 Å². The second-order valence-electron chi connectivity index (χ2n) is 6.04. The number of aromatic nitrogens is 2. The summed E-state index contributed by atoms with van der Waals surface area (Å²) in [5.41, 5.74) is 2.70. The van der Waals surface area contributed by atoms with E-state index in [0.29, 0.717) is 6.04 Å². The molecular formula is C16H23N3. The molecule has 0 aliphatic carbocycles. The lowest BCUT2D eigenvalue weighted by atomic mass is 9.82. The highest BCUT2D eigenvalue weighted by Gasteiger charge is 2.25. The van der Waals surface area contributed by atoms with Gasteiger partial charge in [0.25, 0.3) is 0 Å². The third-order valence-electron chi connectivity index (χ3n) is 3.41. The van der Waals surface area contributed by atoms with Crippen LogP contribution in [0.1, 0.15) is 38.1 Å². The second-order valence-corrected chi connectivity index (χ2v) is 6.04. The molecule has 3 heteroatoms. The standard InChI is InChI=1S/C16H23N3/c1-16(2,3)15(13-8-6-5-7-9-13)17-12-14-10-11-18-19(14)4/h5-11,15,17H,12H2,1-4H3. The van der Waals surface area contributed by atoms with Crippen LogP contribution in [-0.4, -0.2) is 9.78 Å². The minimum absolute atomic E-state index is 0.167. The maximum Gasteiger partial charge on any atom is 0.0518 e. The van der Waals surface area contributed by atoms with Crippen LogP contribution in [0.25, 0.3) is 0 Å². The van der Waals surface area contributed by atoms with Crippen LogP contribution >= 0.6 is 0 Å². The topological polar surface area (TPSA) is 29.9 Å². The van der Waals surface area contributed by atoms with E-state index in [4.69, 9.17) is 0 Å². The normalized spacial score (nSPS) is 13.5. The Balaban J connectivity index is 2.14. The van der Waals surface area contributed by atoms with Crippen molar-refractivity contribution in [1.29, 1.82) is 0 Å². The molecule has 0 saturated heterocycles. The maximum atomic E-state index is 4.21. The Labute approximate surface area is 115 Å². The van der Waals surface area contributed by atoms with E-state index in [0.717, 1.165) is 6.54 Å². The Morgan fingerprint density at radius 3 is 2.37 bits per heavy atom. The first kappa shape index (κ1) is 13.8. The molecule has 1 unspecified atom stereocenters. The summed E-state index contributed by atoms with van der Waals surface area (Å²) >= 11 is 0. The average molecular weight is 257 g/mol. The molecule has 1 N–H and O–H groups in total. The summed E-state index contributed by atoms with van der Waals surface area (Å²) < 4.78 is 1.91. The van der Waals surface area contributed by atoms with E-state index in [9.17, 15) is 0 Å². The lowest BCUT2D eigenvalue weighted by Gasteiger charge is -2.32. The minimum Gasteiger partial charge on any atom is -0.304 e. The summed E-state index contributed by atoms with van der Waals surface area (Å²) in [5.74, 6) is 0. The first-order valence-electron chi connectivity index (χ1n) is 6.73. The number of nitrogens with zero attached hydrogens (tertiary/aromatic N) is 2. The number of nitrogens with one attached hydrogen (secondary N) is 1. The second kappa shape index (κ2) is 5.57. The van der Waals surface area contributed by atoms with Gasteiger partial charge in [0.1, 0.15) is 0 Å². The van der Waals surface area contributed by atoms with Gasteiger partial charge in [-0.3, -0.25) is 4.68 Å². The summed E-state index contributed by atoms with van der Waals surface area (Å²) in [6.45, 7) is 7.62. The van der Waals surface area contributed by atoms with Gasteiger partial charge in [0, 0.05) is 25.8 Å². The predicted molar refractivity (Wildman–Crippen MR) is 78.7 cm³/mol. The Hall–Kier alpha value is -1.61. The van der Waals surface area contributed by atoms with Crippen molar-refractivity contribution in [2.45, 2.75) is 33.4 Å². The van der Waals surface area contributed by atoms with Crippen molar-refractivity contribution in [1.82, 2.24) is 15.1 Å². The molecule has 0 amide bonds. The van der Waals surface area contributed by atoms with Crippen LogP contribution in [0.15, 0.2) is 42.6 Å². The van der Waals surface area contributed by atoms with Gasteiger partial charge >= 0.3 is 0 Å². The number of benzene rings is 1. The van der Waals surface area contributed by atoms with Gasteiger partial charge in [0.15, 0.2) is 0 Å². The molecule has 2 rings (SSSR count). The summed E-state index contributed by atoms with van der Waals surface area (Å²) in [6.07, 6.45) is 1.84. The largest absolute Gasteiger partial charge is 0.304 e.